The van der Waals surface area contributed by atoms with E-state index in [0.29, 0.717) is 18.7 Å². The lowest BCUT2D eigenvalue weighted by Crippen LogP contribution is -2.17. The maximum absolute atomic E-state index is 12.3. The van der Waals surface area contributed by atoms with E-state index >= 15 is 0 Å². The van der Waals surface area contributed by atoms with E-state index in [1.54, 1.807) is 19.2 Å². The van der Waals surface area contributed by atoms with Gasteiger partial charge in [0, 0.05) is 43.2 Å². The van der Waals surface area contributed by atoms with Crippen molar-refractivity contribution >= 4 is 23.4 Å². The minimum Gasteiger partial charge on any atom is -0.462 e. The minimum atomic E-state index is -0.595. The Kier molecular flexibility index (Phi) is 6.83. The Labute approximate surface area is 172 Å². The molecule has 0 fully saturated rings. The van der Waals surface area contributed by atoms with Crippen molar-refractivity contribution in [2.45, 2.75) is 6.92 Å². The number of nitrogens with zero attached hydrogens (tertiary/aromatic N) is 4. The van der Waals surface area contributed by atoms with Crippen LogP contribution in [0.5, 0.6) is 0 Å². The largest absolute Gasteiger partial charge is 0.462 e. The first-order valence-corrected chi connectivity index (χ1v) is 9.26. The summed E-state index contributed by atoms with van der Waals surface area (Å²) >= 11 is 0. The molecule has 10 nitrogen and oxygen atoms in total. The SMILES string of the molecule is CCOC(=O)c1cnc(NCCNc2ccccn2)nc1-c1cccc([N+](=O)[O-])c1. The Bertz CT molecular complexity index is 1030. The molecule has 2 heterocycles. The lowest BCUT2D eigenvalue weighted by atomic mass is 10.1. The molecular weight excluding hydrogens is 388 g/mol. The van der Waals surface area contributed by atoms with Crippen molar-refractivity contribution in [3.8, 4) is 11.3 Å². The van der Waals surface area contributed by atoms with Crippen LogP contribution in [0.3, 0.4) is 0 Å². The first kappa shape index (κ1) is 20.6. The quantitative estimate of drug-likeness (QED) is 0.237. The van der Waals surface area contributed by atoms with Gasteiger partial charge in [0.05, 0.1) is 17.2 Å². The zero-order valence-corrected chi connectivity index (χ0v) is 16.2. The van der Waals surface area contributed by atoms with Crippen LogP contribution in [0.4, 0.5) is 17.5 Å². The van der Waals surface area contributed by atoms with E-state index in [-0.39, 0.29) is 29.5 Å². The van der Waals surface area contributed by atoms with Crippen LogP contribution in [0.2, 0.25) is 0 Å². The third-order valence-corrected chi connectivity index (χ3v) is 3.99. The van der Waals surface area contributed by atoms with Crippen LogP contribution < -0.4 is 10.6 Å². The van der Waals surface area contributed by atoms with E-state index in [4.69, 9.17) is 4.74 Å². The molecule has 0 spiro atoms. The maximum Gasteiger partial charge on any atom is 0.341 e. The zero-order chi connectivity index (χ0) is 21.3. The van der Waals surface area contributed by atoms with Crippen molar-refractivity contribution in [3.05, 3.63) is 70.5 Å². The zero-order valence-electron chi connectivity index (χ0n) is 16.2. The van der Waals surface area contributed by atoms with Crippen LogP contribution in [0.15, 0.2) is 54.9 Å². The fraction of sp³-hybridized carbons (Fsp3) is 0.200. The molecule has 3 rings (SSSR count). The van der Waals surface area contributed by atoms with E-state index < -0.39 is 10.9 Å². The van der Waals surface area contributed by atoms with Gasteiger partial charge in [0.25, 0.3) is 5.69 Å². The van der Waals surface area contributed by atoms with Crippen molar-refractivity contribution in [3.63, 3.8) is 0 Å². The third kappa shape index (κ3) is 5.25. The van der Waals surface area contributed by atoms with Crippen molar-refractivity contribution in [1.82, 2.24) is 15.0 Å². The van der Waals surface area contributed by atoms with Gasteiger partial charge in [0.15, 0.2) is 0 Å². The lowest BCUT2D eigenvalue weighted by molar-refractivity contribution is -0.384. The number of pyridine rings is 1. The molecule has 3 aromatic rings. The van der Waals surface area contributed by atoms with E-state index in [1.807, 2.05) is 18.2 Å². The summed E-state index contributed by atoms with van der Waals surface area (Å²) in [6.07, 6.45) is 3.05. The summed E-state index contributed by atoms with van der Waals surface area (Å²) in [4.78, 5) is 35.7. The molecule has 0 saturated carbocycles. The number of nitro benzene ring substituents is 1. The summed E-state index contributed by atoms with van der Waals surface area (Å²) in [6.45, 7) is 2.93. The Morgan fingerprint density at radius 2 is 1.97 bits per heavy atom. The Morgan fingerprint density at radius 1 is 1.13 bits per heavy atom. The Balaban J connectivity index is 1.80. The highest BCUT2D eigenvalue weighted by Gasteiger charge is 2.19. The number of rotatable bonds is 9. The number of benzene rings is 1. The smallest absolute Gasteiger partial charge is 0.341 e. The number of ether oxygens (including phenoxy) is 1. The van der Waals surface area contributed by atoms with Gasteiger partial charge in [-0.3, -0.25) is 10.1 Å². The van der Waals surface area contributed by atoms with Crippen LogP contribution in [0.1, 0.15) is 17.3 Å². The number of hydrogen-bond acceptors (Lipinski definition) is 9. The summed E-state index contributed by atoms with van der Waals surface area (Å²) < 4.78 is 5.07. The predicted molar refractivity (Wildman–Crippen MR) is 111 cm³/mol. The third-order valence-electron chi connectivity index (χ3n) is 3.99. The maximum atomic E-state index is 12.3. The number of hydrogen-bond donors (Lipinski definition) is 2. The molecule has 30 heavy (non-hydrogen) atoms. The molecule has 154 valence electrons. The molecule has 1 aromatic carbocycles. The number of nitro groups is 1. The second-order valence-corrected chi connectivity index (χ2v) is 6.05. The average Bonchev–Trinajstić information content (AvgIpc) is 2.77. The van der Waals surface area contributed by atoms with Gasteiger partial charge < -0.3 is 15.4 Å². The molecule has 10 heteroatoms. The van der Waals surface area contributed by atoms with Crippen LogP contribution >= 0.6 is 0 Å². The summed E-state index contributed by atoms with van der Waals surface area (Å²) in [5.74, 6) is 0.435. The van der Waals surface area contributed by atoms with Crippen molar-refractivity contribution in [1.29, 1.82) is 0 Å². The monoisotopic (exact) mass is 408 g/mol. The summed E-state index contributed by atoms with van der Waals surface area (Å²) in [5.41, 5.74) is 0.709. The van der Waals surface area contributed by atoms with Crippen molar-refractivity contribution in [2.75, 3.05) is 30.3 Å². The van der Waals surface area contributed by atoms with Crippen molar-refractivity contribution in [2.24, 2.45) is 0 Å². The number of aromatic nitrogens is 3. The molecule has 0 unspecified atom stereocenters. The van der Waals surface area contributed by atoms with E-state index in [2.05, 4.69) is 25.6 Å². The van der Waals surface area contributed by atoms with Gasteiger partial charge in [-0.25, -0.2) is 19.7 Å². The van der Waals surface area contributed by atoms with Gasteiger partial charge in [0.1, 0.15) is 11.4 Å². The number of nitrogens with one attached hydrogen (secondary N) is 2. The highest BCUT2D eigenvalue weighted by Crippen LogP contribution is 2.26. The van der Waals surface area contributed by atoms with Gasteiger partial charge in [-0.05, 0) is 19.1 Å². The molecule has 0 amide bonds. The standard InChI is InChI=1S/C20H20N6O4/c1-2-30-19(27)16-13-24-20(23-11-10-22-17-8-3-4-9-21-17)25-18(16)14-6-5-7-15(12-14)26(28)29/h3-9,12-13H,2,10-11H2,1H3,(H,21,22)(H,23,24,25). The fourth-order valence-electron chi connectivity index (χ4n) is 2.64. The van der Waals surface area contributed by atoms with Gasteiger partial charge in [0.2, 0.25) is 5.95 Å². The number of carbonyl (C=O) groups is 1. The molecule has 0 aliphatic rings. The summed E-state index contributed by atoms with van der Waals surface area (Å²) in [7, 11) is 0. The van der Waals surface area contributed by atoms with E-state index in [1.165, 1.54) is 24.4 Å². The van der Waals surface area contributed by atoms with E-state index in [0.717, 1.165) is 5.82 Å². The minimum absolute atomic E-state index is 0.102. The van der Waals surface area contributed by atoms with Gasteiger partial charge >= 0.3 is 5.97 Å². The van der Waals surface area contributed by atoms with E-state index in [9.17, 15) is 14.9 Å². The molecule has 0 radical (unpaired) electrons. The van der Waals surface area contributed by atoms with Gasteiger partial charge in [-0.1, -0.05) is 18.2 Å². The highest BCUT2D eigenvalue weighted by atomic mass is 16.6. The van der Waals surface area contributed by atoms with Crippen LogP contribution in [-0.4, -0.2) is 45.5 Å². The average molecular weight is 408 g/mol. The molecule has 2 N–H and O–H groups in total. The second kappa shape index (κ2) is 9.92. The topological polar surface area (TPSA) is 132 Å². The van der Waals surface area contributed by atoms with Gasteiger partial charge in [-0.15, -0.1) is 0 Å². The number of carbonyl (C=O) groups excluding carboxylic acids is 1. The fourth-order valence-corrected chi connectivity index (χ4v) is 2.64. The molecule has 0 saturated heterocycles. The second-order valence-electron chi connectivity index (χ2n) is 6.05. The summed E-state index contributed by atoms with van der Waals surface area (Å²) in [5, 5.41) is 17.3. The van der Waals surface area contributed by atoms with Crippen LogP contribution in [0.25, 0.3) is 11.3 Å². The van der Waals surface area contributed by atoms with Crippen LogP contribution in [0, 0.1) is 10.1 Å². The summed E-state index contributed by atoms with van der Waals surface area (Å²) in [6, 6.07) is 11.5. The molecular formula is C20H20N6O4. The van der Waals surface area contributed by atoms with Gasteiger partial charge in [-0.2, -0.15) is 0 Å². The first-order chi connectivity index (χ1) is 14.6. The predicted octanol–water partition coefficient (Wildman–Crippen LogP) is 3.15. The first-order valence-electron chi connectivity index (χ1n) is 9.26. The van der Waals surface area contributed by atoms with Crippen molar-refractivity contribution < 1.29 is 14.5 Å². The highest BCUT2D eigenvalue weighted by molar-refractivity contribution is 5.96. The lowest BCUT2D eigenvalue weighted by Gasteiger charge is -2.11. The molecule has 0 bridgehead atoms. The Morgan fingerprint density at radius 3 is 2.70 bits per heavy atom. The Hall–Kier alpha value is -4.08. The molecule has 2 aromatic heterocycles. The molecule has 0 atom stereocenters. The number of esters is 1. The normalized spacial score (nSPS) is 10.3. The molecule has 0 aliphatic carbocycles. The van der Waals surface area contributed by atoms with Crippen LogP contribution in [-0.2, 0) is 4.74 Å². The molecule has 0 aliphatic heterocycles. The number of anilines is 2. The number of non-ortho nitro benzene ring substituents is 1.